The lowest BCUT2D eigenvalue weighted by molar-refractivity contribution is 0.435. The van der Waals surface area contributed by atoms with Gasteiger partial charge in [0, 0.05) is 33.9 Å². The molecular formula is C30H46N2S2Si. The molecule has 0 N–H and O–H groups in total. The van der Waals surface area contributed by atoms with E-state index in [1.165, 1.54) is 45.4 Å². The number of nitrogens with zero attached hydrogens (tertiary/aromatic N) is 2. The summed E-state index contributed by atoms with van der Waals surface area (Å²) in [5.74, 6) is 3.57. The molecule has 4 fully saturated rings. The largest absolute Gasteiger partial charge is 0.357 e. The highest BCUT2D eigenvalue weighted by molar-refractivity contribution is 7.16. The predicted molar refractivity (Wildman–Crippen MR) is 158 cm³/mol. The lowest BCUT2D eigenvalue weighted by Crippen LogP contribution is -2.46. The summed E-state index contributed by atoms with van der Waals surface area (Å²) in [4.78, 5) is 8.64. The molecule has 10 atom stereocenters. The normalized spacial score (nSPS) is 41.1. The van der Waals surface area contributed by atoms with Gasteiger partial charge >= 0.3 is 0 Å². The smallest absolute Gasteiger partial charge is 0.0916 e. The van der Waals surface area contributed by atoms with Crippen LogP contribution in [0.3, 0.4) is 0 Å². The Kier molecular flexibility index (Phi) is 6.05. The number of fused-ring (bicyclic) bond motifs is 2. The maximum absolute atomic E-state index is 2.86. The van der Waals surface area contributed by atoms with Crippen LogP contribution in [-0.2, 0) is 0 Å². The first-order chi connectivity index (χ1) is 16.6. The van der Waals surface area contributed by atoms with Crippen molar-refractivity contribution < 1.29 is 0 Å². The van der Waals surface area contributed by atoms with Crippen LogP contribution in [0.25, 0.3) is 0 Å². The van der Waals surface area contributed by atoms with Crippen LogP contribution in [0.1, 0.15) is 63.1 Å². The van der Waals surface area contributed by atoms with Crippen molar-refractivity contribution in [2.24, 2.45) is 23.7 Å². The van der Waals surface area contributed by atoms with E-state index < -0.39 is 8.07 Å². The lowest BCUT2D eigenvalue weighted by Gasteiger charge is -2.45. The second kappa shape index (κ2) is 8.63. The zero-order chi connectivity index (χ0) is 24.8. The Labute approximate surface area is 223 Å². The molecule has 192 valence electrons. The van der Waals surface area contributed by atoms with E-state index in [1.54, 1.807) is 0 Å². The molecule has 2 saturated heterocycles. The van der Waals surface area contributed by atoms with Crippen LogP contribution >= 0.6 is 22.7 Å². The summed E-state index contributed by atoms with van der Waals surface area (Å²) in [5, 5.41) is 3.08. The van der Waals surface area contributed by atoms with Crippen molar-refractivity contribution in [1.82, 2.24) is 0 Å². The van der Waals surface area contributed by atoms with Crippen molar-refractivity contribution in [2.45, 2.75) is 116 Å². The second-order valence-corrected chi connectivity index (χ2v) is 21.0. The number of thiophene rings is 2. The molecule has 5 heteroatoms. The number of rotatable bonds is 4. The second-order valence-electron chi connectivity index (χ2n) is 13.5. The Morgan fingerprint density at radius 3 is 1.40 bits per heavy atom. The van der Waals surface area contributed by atoms with Gasteiger partial charge in [0.05, 0.1) is 18.1 Å². The van der Waals surface area contributed by atoms with Crippen LogP contribution in [0.4, 0.5) is 10.0 Å². The van der Waals surface area contributed by atoms with Gasteiger partial charge in [0.2, 0.25) is 0 Å². The van der Waals surface area contributed by atoms with E-state index in [0.717, 1.165) is 46.8 Å². The first-order valence-corrected chi connectivity index (χ1v) is 19.1. The Balaban J connectivity index is 1.28. The van der Waals surface area contributed by atoms with E-state index in [1.807, 2.05) is 22.7 Å². The molecule has 4 heterocycles. The van der Waals surface area contributed by atoms with Crippen LogP contribution in [0, 0.1) is 37.5 Å². The summed E-state index contributed by atoms with van der Waals surface area (Å²) in [5.41, 5.74) is 1.95. The van der Waals surface area contributed by atoms with E-state index in [4.69, 9.17) is 0 Å². The molecule has 0 bridgehead atoms. The zero-order valence-corrected chi connectivity index (χ0v) is 25.8. The molecule has 0 spiro atoms. The van der Waals surface area contributed by atoms with Crippen LogP contribution < -0.4 is 9.80 Å². The molecule has 6 rings (SSSR count). The first kappa shape index (κ1) is 24.5. The topological polar surface area (TPSA) is 6.48 Å². The zero-order valence-electron chi connectivity index (χ0n) is 23.1. The summed E-state index contributed by atoms with van der Waals surface area (Å²) in [6, 6.07) is 12.4. The molecule has 2 aromatic heterocycles. The van der Waals surface area contributed by atoms with E-state index in [9.17, 15) is 0 Å². The van der Waals surface area contributed by atoms with Gasteiger partial charge in [-0.15, -0.1) is 22.7 Å². The van der Waals surface area contributed by atoms with Crippen LogP contribution in [0.5, 0.6) is 0 Å². The molecule has 2 nitrogen and oxygen atoms in total. The third-order valence-electron chi connectivity index (χ3n) is 10.9. The average molecular weight is 527 g/mol. The molecule has 2 aliphatic carbocycles. The molecule has 2 aliphatic heterocycles. The van der Waals surface area contributed by atoms with Gasteiger partial charge in [-0.1, -0.05) is 26.9 Å². The van der Waals surface area contributed by atoms with Crippen molar-refractivity contribution in [1.29, 1.82) is 0 Å². The highest BCUT2D eigenvalue weighted by atomic mass is 32.1. The Morgan fingerprint density at radius 2 is 1.06 bits per heavy atom. The van der Waals surface area contributed by atoms with E-state index in [0.29, 0.717) is 12.1 Å². The quantitative estimate of drug-likeness (QED) is 0.367. The van der Waals surface area contributed by atoms with Gasteiger partial charge in [0.25, 0.3) is 0 Å². The molecule has 0 aromatic carbocycles. The minimum absolute atomic E-state index is 0.695. The molecule has 2 aromatic rings. The monoisotopic (exact) mass is 526 g/mol. The molecule has 0 amide bonds. The minimum atomic E-state index is -1.49. The third kappa shape index (κ3) is 3.73. The van der Waals surface area contributed by atoms with Gasteiger partial charge in [-0.2, -0.15) is 0 Å². The van der Waals surface area contributed by atoms with Crippen LogP contribution in [-0.4, -0.2) is 32.2 Å². The molecule has 10 unspecified atom stereocenters. The summed E-state index contributed by atoms with van der Waals surface area (Å²) in [6.45, 7) is 20.5. The van der Waals surface area contributed by atoms with E-state index >= 15 is 0 Å². The van der Waals surface area contributed by atoms with Crippen molar-refractivity contribution in [3.63, 3.8) is 0 Å². The fraction of sp³-hybridized carbons (Fsp3) is 0.733. The lowest BCUT2D eigenvalue weighted by atomic mass is 9.99. The Bertz CT molecular complexity index is 992. The molecule has 35 heavy (non-hydrogen) atoms. The Hall–Kier alpha value is -0.783. The summed E-state index contributed by atoms with van der Waals surface area (Å²) >= 11 is 4.04. The predicted octanol–water partition coefficient (Wildman–Crippen LogP) is 8.82. The van der Waals surface area contributed by atoms with Crippen molar-refractivity contribution in [2.75, 3.05) is 9.80 Å². The maximum atomic E-state index is 2.86. The van der Waals surface area contributed by atoms with E-state index in [2.05, 4.69) is 88.7 Å². The highest BCUT2D eigenvalue weighted by Gasteiger charge is 2.62. The molecule has 2 saturated carbocycles. The number of hydrogen-bond donors (Lipinski definition) is 0. The fourth-order valence-corrected chi connectivity index (χ4v) is 18.9. The Morgan fingerprint density at radius 1 is 0.657 bits per heavy atom. The third-order valence-corrected chi connectivity index (χ3v) is 18.4. The van der Waals surface area contributed by atoms with Gasteiger partial charge in [-0.05, 0) is 112 Å². The summed E-state index contributed by atoms with van der Waals surface area (Å²) in [7, 11) is -1.49. The van der Waals surface area contributed by atoms with Crippen molar-refractivity contribution in [3.05, 3.63) is 34.0 Å². The average Bonchev–Trinajstić information content (AvgIpc) is 3.57. The number of hydrogen-bond acceptors (Lipinski definition) is 4. The standard InChI is InChI=1S/C30H46N2S2Si/c1-17-13-25-23(15-19(3)31(25)27-11-9-21(5)33-27)29(17)35(7,8)30-18(2)14-26-24(30)16-20(4)32(26)28-12-10-22(6)34-28/h9-12,17-20,23-26,29-30H,13-16H2,1-8H3. The van der Waals surface area contributed by atoms with Crippen molar-refractivity contribution in [3.8, 4) is 0 Å². The number of anilines is 2. The van der Waals surface area contributed by atoms with Gasteiger partial charge in [0.1, 0.15) is 0 Å². The van der Waals surface area contributed by atoms with Crippen LogP contribution in [0.15, 0.2) is 24.3 Å². The summed E-state index contributed by atoms with van der Waals surface area (Å²) < 4.78 is 0. The van der Waals surface area contributed by atoms with Crippen molar-refractivity contribution >= 4 is 40.7 Å². The molecule has 0 radical (unpaired) electrons. The van der Waals surface area contributed by atoms with Gasteiger partial charge in [-0.25, -0.2) is 0 Å². The highest BCUT2D eigenvalue weighted by Crippen LogP contribution is 2.64. The van der Waals surface area contributed by atoms with E-state index in [-0.39, 0.29) is 0 Å². The van der Waals surface area contributed by atoms with Gasteiger partial charge < -0.3 is 9.80 Å². The molecule has 4 aliphatic rings. The maximum Gasteiger partial charge on any atom is 0.0916 e. The van der Waals surface area contributed by atoms with Gasteiger partial charge in [0.15, 0.2) is 0 Å². The first-order valence-electron chi connectivity index (χ1n) is 14.3. The fourth-order valence-electron chi connectivity index (χ4n) is 10.3. The van der Waals surface area contributed by atoms with Crippen LogP contribution in [0.2, 0.25) is 24.2 Å². The van der Waals surface area contributed by atoms with Gasteiger partial charge in [-0.3, -0.25) is 0 Å². The molecular weight excluding hydrogens is 481 g/mol. The number of aryl methyl sites for hydroxylation is 2. The SMILES string of the molecule is Cc1ccc(N2C(C)CC3C2CC(C)C3[Si](C)(C)C2C(C)CC3C2CC(C)N3c2ccc(C)s2)s1. The summed E-state index contributed by atoms with van der Waals surface area (Å²) in [6.07, 6.45) is 5.66. The minimum Gasteiger partial charge on any atom is -0.357 e.